The monoisotopic (exact) mass is 314 g/mol. The second-order valence-electron chi connectivity index (χ2n) is 4.38. The van der Waals surface area contributed by atoms with E-state index < -0.39 is 0 Å². The van der Waals surface area contributed by atoms with Crippen LogP contribution in [-0.4, -0.2) is 11.5 Å². The molecule has 0 fully saturated rings. The highest BCUT2D eigenvalue weighted by molar-refractivity contribution is 7.10. The predicted molar refractivity (Wildman–Crippen MR) is 83.4 cm³/mol. The van der Waals surface area contributed by atoms with Gasteiger partial charge >= 0.3 is 0 Å². The molecule has 2 aromatic heterocycles. The molecule has 1 N–H and O–H groups in total. The highest BCUT2D eigenvalue weighted by atomic mass is 35.5. The fourth-order valence-corrected chi connectivity index (χ4v) is 3.58. The molecule has 0 radical (unpaired) electrons. The Labute approximate surface area is 127 Å². The molecule has 2 rings (SSSR count). The summed E-state index contributed by atoms with van der Waals surface area (Å²) in [6.07, 6.45) is 4.27. The number of hydrogen-bond donors (Lipinski definition) is 1. The summed E-state index contributed by atoms with van der Waals surface area (Å²) in [6.45, 7) is 5.01. The van der Waals surface area contributed by atoms with Crippen LogP contribution >= 0.6 is 34.5 Å². The van der Waals surface area contributed by atoms with E-state index >= 15 is 0 Å². The molecule has 0 aromatic carbocycles. The van der Waals surface area contributed by atoms with Crippen molar-refractivity contribution in [3.05, 3.63) is 49.9 Å². The Kier molecular flexibility index (Phi) is 5.22. The third kappa shape index (κ3) is 3.48. The van der Waals surface area contributed by atoms with Crippen LogP contribution in [-0.2, 0) is 6.42 Å². The van der Waals surface area contributed by atoms with Crippen LogP contribution in [0.2, 0.25) is 10.0 Å². The number of thiophene rings is 1. The highest BCUT2D eigenvalue weighted by Crippen LogP contribution is 2.34. The van der Waals surface area contributed by atoms with Gasteiger partial charge in [0.25, 0.3) is 0 Å². The van der Waals surface area contributed by atoms with Crippen molar-refractivity contribution >= 4 is 34.5 Å². The molecular formula is C14H16Cl2N2S. The van der Waals surface area contributed by atoms with Crippen molar-refractivity contribution < 1.29 is 0 Å². The topological polar surface area (TPSA) is 24.9 Å². The molecule has 0 aliphatic carbocycles. The largest absolute Gasteiger partial charge is 0.309 e. The number of aromatic nitrogens is 1. The van der Waals surface area contributed by atoms with Gasteiger partial charge < -0.3 is 5.32 Å². The Hall–Kier alpha value is -0.610. The van der Waals surface area contributed by atoms with E-state index in [0.717, 1.165) is 29.1 Å². The van der Waals surface area contributed by atoms with Crippen molar-refractivity contribution in [1.82, 2.24) is 10.3 Å². The minimum absolute atomic E-state index is 0.191. The number of rotatable bonds is 5. The van der Waals surface area contributed by atoms with E-state index in [1.54, 1.807) is 23.7 Å². The molecule has 2 nitrogen and oxygen atoms in total. The SMILES string of the molecule is CCNC(Cc1ccncc1Cl)c1scc(C)c1Cl. The summed E-state index contributed by atoms with van der Waals surface area (Å²) in [5.41, 5.74) is 2.22. The van der Waals surface area contributed by atoms with Gasteiger partial charge in [0.05, 0.1) is 10.0 Å². The second-order valence-corrected chi connectivity index (χ2v) is 6.07. The zero-order valence-electron chi connectivity index (χ0n) is 10.9. The van der Waals surface area contributed by atoms with Crippen molar-refractivity contribution in [2.75, 3.05) is 6.54 Å². The molecule has 2 heterocycles. The average molecular weight is 315 g/mol. The van der Waals surface area contributed by atoms with Crippen LogP contribution in [0.1, 0.15) is 29.0 Å². The Morgan fingerprint density at radius 1 is 1.42 bits per heavy atom. The maximum Gasteiger partial charge on any atom is 0.0622 e. The van der Waals surface area contributed by atoms with E-state index in [0.29, 0.717) is 5.02 Å². The molecule has 0 amide bonds. The number of likely N-dealkylation sites (N-methyl/N-ethyl adjacent to an activating group) is 1. The molecule has 0 aliphatic rings. The molecule has 102 valence electrons. The van der Waals surface area contributed by atoms with E-state index in [1.165, 1.54) is 4.88 Å². The fourth-order valence-electron chi connectivity index (χ4n) is 1.98. The summed E-state index contributed by atoms with van der Waals surface area (Å²) < 4.78 is 0. The van der Waals surface area contributed by atoms with Crippen molar-refractivity contribution in [3.63, 3.8) is 0 Å². The molecule has 1 unspecified atom stereocenters. The zero-order chi connectivity index (χ0) is 13.8. The van der Waals surface area contributed by atoms with Gasteiger partial charge in [-0.05, 0) is 42.5 Å². The molecular weight excluding hydrogens is 299 g/mol. The molecule has 0 saturated carbocycles. The number of nitrogens with one attached hydrogen (secondary N) is 1. The molecule has 2 aromatic rings. The lowest BCUT2D eigenvalue weighted by Gasteiger charge is -2.18. The molecule has 0 saturated heterocycles. The van der Waals surface area contributed by atoms with E-state index in [1.807, 2.05) is 13.0 Å². The lowest BCUT2D eigenvalue weighted by Crippen LogP contribution is -2.22. The van der Waals surface area contributed by atoms with Gasteiger partial charge in [0.1, 0.15) is 0 Å². The van der Waals surface area contributed by atoms with Crippen LogP contribution in [0.4, 0.5) is 0 Å². The molecule has 0 bridgehead atoms. The summed E-state index contributed by atoms with van der Waals surface area (Å²) in [7, 11) is 0. The number of pyridine rings is 1. The van der Waals surface area contributed by atoms with E-state index in [2.05, 4.69) is 22.6 Å². The van der Waals surface area contributed by atoms with E-state index in [-0.39, 0.29) is 6.04 Å². The molecule has 5 heteroatoms. The lowest BCUT2D eigenvalue weighted by atomic mass is 10.1. The predicted octanol–water partition coefficient (Wildman–Crippen LogP) is 4.65. The maximum absolute atomic E-state index is 6.37. The van der Waals surface area contributed by atoms with Crippen LogP contribution in [0.15, 0.2) is 23.8 Å². The average Bonchev–Trinajstić information content (AvgIpc) is 2.72. The van der Waals surface area contributed by atoms with Gasteiger partial charge in [0.15, 0.2) is 0 Å². The van der Waals surface area contributed by atoms with Gasteiger partial charge in [-0.2, -0.15) is 0 Å². The van der Waals surface area contributed by atoms with Crippen LogP contribution in [0, 0.1) is 6.92 Å². The third-order valence-corrected chi connectivity index (χ3v) is 5.14. The lowest BCUT2D eigenvalue weighted by molar-refractivity contribution is 0.558. The first-order valence-corrected chi connectivity index (χ1v) is 7.82. The van der Waals surface area contributed by atoms with Crippen molar-refractivity contribution in [3.8, 4) is 0 Å². The summed E-state index contributed by atoms with van der Waals surface area (Å²) in [5, 5.41) is 7.13. The molecule has 0 aliphatic heterocycles. The molecule has 19 heavy (non-hydrogen) atoms. The van der Waals surface area contributed by atoms with Crippen molar-refractivity contribution in [1.29, 1.82) is 0 Å². The van der Waals surface area contributed by atoms with Crippen LogP contribution in [0.3, 0.4) is 0 Å². The first kappa shape index (κ1) is 14.8. The van der Waals surface area contributed by atoms with E-state index in [4.69, 9.17) is 23.2 Å². The van der Waals surface area contributed by atoms with Gasteiger partial charge in [-0.15, -0.1) is 11.3 Å². The van der Waals surface area contributed by atoms with Gasteiger partial charge in [-0.25, -0.2) is 0 Å². The standard InChI is InChI=1S/C14H16Cl2N2S/c1-3-18-12(14-13(16)9(2)8-19-14)6-10-4-5-17-7-11(10)15/h4-5,7-8,12,18H,3,6H2,1-2H3. The Balaban J connectivity index is 2.26. The number of nitrogens with zero attached hydrogens (tertiary/aromatic N) is 1. The summed E-state index contributed by atoms with van der Waals surface area (Å²) in [4.78, 5) is 5.19. The summed E-state index contributed by atoms with van der Waals surface area (Å²) in [5.74, 6) is 0. The van der Waals surface area contributed by atoms with E-state index in [9.17, 15) is 0 Å². The first-order valence-electron chi connectivity index (χ1n) is 6.18. The first-order chi connectivity index (χ1) is 9.13. The Bertz CT molecular complexity index is 554. The van der Waals surface area contributed by atoms with Gasteiger partial charge in [0.2, 0.25) is 0 Å². The summed E-state index contributed by atoms with van der Waals surface area (Å²) in [6, 6.07) is 2.15. The number of halogens is 2. The normalized spacial score (nSPS) is 12.6. The van der Waals surface area contributed by atoms with Crippen molar-refractivity contribution in [2.45, 2.75) is 26.3 Å². The van der Waals surface area contributed by atoms with Crippen molar-refractivity contribution in [2.24, 2.45) is 0 Å². The summed E-state index contributed by atoms with van der Waals surface area (Å²) >= 11 is 14.2. The third-order valence-electron chi connectivity index (χ3n) is 2.97. The zero-order valence-corrected chi connectivity index (χ0v) is 13.2. The quantitative estimate of drug-likeness (QED) is 0.868. The fraction of sp³-hybridized carbons (Fsp3) is 0.357. The minimum Gasteiger partial charge on any atom is -0.309 e. The van der Waals surface area contributed by atoms with Crippen LogP contribution in [0.5, 0.6) is 0 Å². The number of hydrogen-bond acceptors (Lipinski definition) is 3. The maximum atomic E-state index is 6.37. The smallest absolute Gasteiger partial charge is 0.0622 e. The molecule has 0 spiro atoms. The number of aryl methyl sites for hydroxylation is 1. The van der Waals surface area contributed by atoms with Gasteiger partial charge in [-0.1, -0.05) is 30.1 Å². The van der Waals surface area contributed by atoms with Crippen LogP contribution in [0.25, 0.3) is 0 Å². The van der Waals surface area contributed by atoms with Gasteiger partial charge in [-0.3, -0.25) is 4.98 Å². The Morgan fingerprint density at radius 2 is 2.21 bits per heavy atom. The molecule has 1 atom stereocenters. The minimum atomic E-state index is 0.191. The second kappa shape index (κ2) is 6.71. The Morgan fingerprint density at radius 3 is 2.79 bits per heavy atom. The van der Waals surface area contributed by atoms with Crippen LogP contribution < -0.4 is 5.32 Å². The van der Waals surface area contributed by atoms with Gasteiger partial charge in [0, 0.05) is 23.3 Å². The highest BCUT2D eigenvalue weighted by Gasteiger charge is 2.18.